The standard InChI is InChI=1S/C13H29NO2/c1-6-13(5,7-2)14-8-12(15)10-16-9-11(3)4/h11-12,14-15H,6-10H2,1-5H3. The molecule has 0 rings (SSSR count). The van der Waals surface area contributed by atoms with Crippen LogP contribution in [0.5, 0.6) is 0 Å². The predicted octanol–water partition coefficient (Wildman–Crippen LogP) is 2.19. The lowest BCUT2D eigenvalue weighted by molar-refractivity contribution is 0.0225. The molecule has 0 heterocycles. The van der Waals surface area contributed by atoms with E-state index < -0.39 is 6.10 Å². The van der Waals surface area contributed by atoms with Gasteiger partial charge in [-0.15, -0.1) is 0 Å². The van der Waals surface area contributed by atoms with E-state index in [2.05, 4.69) is 39.9 Å². The molecule has 3 nitrogen and oxygen atoms in total. The fourth-order valence-corrected chi connectivity index (χ4v) is 1.36. The van der Waals surface area contributed by atoms with Gasteiger partial charge in [0.2, 0.25) is 0 Å². The summed E-state index contributed by atoms with van der Waals surface area (Å²) in [7, 11) is 0. The molecular formula is C13H29NO2. The molecule has 2 N–H and O–H groups in total. The minimum absolute atomic E-state index is 0.138. The molecule has 0 spiro atoms. The maximum Gasteiger partial charge on any atom is 0.0897 e. The first-order valence-corrected chi connectivity index (χ1v) is 6.44. The van der Waals surface area contributed by atoms with Crippen molar-refractivity contribution < 1.29 is 9.84 Å². The van der Waals surface area contributed by atoms with Crippen LogP contribution in [0.3, 0.4) is 0 Å². The lowest BCUT2D eigenvalue weighted by atomic mass is 9.95. The summed E-state index contributed by atoms with van der Waals surface area (Å²) in [5.74, 6) is 0.525. The number of hydrogen-bond acceptors (Lipinski definition) is 3. The van der Waals surface area contributed by atoms with Crippen molar-refractivity contribution in [1.82, 2.24) is 5.32 Å². The van der Waals surface area contributed by atoms with Crippen LogP contribution >= 0.6 is 0 Å². The fourth-order valence-electron chi connectivity index (χ4n) is 1.36. The highest BCUT2D eigenvalue weighted by atomic mass is 16.5. The molecular weight excluding hydrogens is 202 g/mol. The highest BCUT2D eigenvalue weighted by Crippen LogP contribution is 2.13. The third-order valence-electron chi connectivity index (χ3n) is 3.09. The van der Waals surface area contributed by atoms with E-state index in [0.717, 1.165) is 19.4 Å². The summed E-state index contributed by atoms with van der Waals surface area (Å²) in [4.78, 5) is 0. The smallest absolute Gasteiger partial charge is 0.0897 e. The molecule has 0 bridgehead atoms. The first-order valence-electron chi connectivity index (χ1n) is 6.44. The first-order chi connectivity index (χ1) is 7.43. The van der Waals surface area contributed by atoms with Crippen LogP contribution in [-0.2, 0) is 4.74 Å². The van der Waals surface area contributed by atoms with Gasteiger partial charge in [0.05, 0.1) is 12.7 Å². The van der Waals surface area contributed by atoms with Crippen molar-refractivity contribution in [3.63, 3.8) is 0 Å². The second-order valence-electron chi connectivity index (χ2n) is 5.23. The van der Waals surface area contributed by atoms with Gasteiger partial charge in [-0.2, -0.15) is 0 Å². The molecule has 16 heavy (non-hydrogen) atoms. The molecule has 0 aromatic rings. The Bertz CT molecular complexity index is 167. The van der Waals surface area contributed by atoms with E-state index in [0.29, 0.717) is 19.1 Å². The van der Waals surface area contributed by atoms with Gasteiger partial charge in [-0.1, -0.05) is 27.7 Å². The Labute approximate surface area is 101 Å². The zero-order valence-electron chi connectivity index (χ0n) is 11.5. The van der Waals surface area contributed by atoms with Crippen molar-refractivity contribution in [2.75, 3.05) is 19.8 Å². The summed E-state index contributed by atoms with van der Waals surface area (Å²) in [6, 6.07) is 0. The Morgan fingerprint density at radius 1 is 1.19 bits per heavy atom. The van der Waals surface area contributed by atoms with Crippen LogP contribution in [0.1, 0.15) is 47.5 Å². The zero-order chi connectivity index (χ0) is 12.6. The number of nitrogens with one attached hydrogen (secondary N) is 1. The second-order valence-corrected chi connectivity index (χ2v) is 5.23. The highest BCUT2D eigenvalue weighted by molar-refractivity contribution is 4.80. The largest absolute Gasteiger partial charge is 0.389 e. The number of β-amino-alcohol motifs (C(OH)–C–C–N with tert-alkyl or cyclic N) is 1. The van der Waals surface area contributed by atoms with Crippen LogP contribution in [0.25, 0.3) is 0 Å². The molecule has 1 atom stereocenters. The maximum atomic E-state index is 9.73. The Morgan fingerprint density at radius 3 is 2.19 bits per heavy atom. The van der Waals surface area contributed by atoms with Crippen LogP contribution < -0.4 is 5.32 Å². The number of aliphatic hydroxyl groups excluding tert-OH is 1. The van der Waals surface area contributed by atoms with Gasteiger partial charge in [-0.05, 0) is 25.7 Å². The lowest BCUT2D eigenvalue weighted by Gasteiger charge is -2.29. The van der Waals surface area contributed by atoms with E-state index in [9.17, 15) is 5.11 Å². The van der Waals surface area contributed by atoms with Crippen LogP contribution in [0, 0.1) is 5.92 Å². The average Bonchev–Trinajstić information content (AvgIpc) is 2.25. The van der Waals surface area contributed by atoms with Gasteiger partial charge in [-0.3, -0.25) is 0 Å². The van der Waals surface area contributed by atoms with Gasteiger partial charge in [0, 0.05) is 18.7 Å². The van der Waals surface area contributed by atoms with Crippen molar-refractivity contribution >= 4 is 0 Å². The topological polar surface area (TPSA) is 41.5 Å². The molecule has 0 radical (unpaired) electrons. The maximum absolute atomic E-state index is 9.73. The van der Waals surface area contributed by atoms with Crippen molar-refractivity contribution in [3.8, 4) is 0 Å². The van der Waals surface area contributed by atoms with Gasteiger partial charge in [-0.25, -0.2) is 0 Å². The molecule has 0 saturated heterocycles. The molecule has 0 saturated carbocycles. The van der Waals surface area contributed by atoms with Gasteiger partial charge in [0.25, 0.3) is 0 Å². The van der Waals surface area contributed by atoms with Gasteiger partial charge < -0.3 is 15.2 Å². The molecule has 98 valence electrons. The van der Waals surface area contributed by atoms with Crippen LogP contribution in [-0.4, -0.2) is 36.5 Å². The minimum Gasteiger partial charge on any atom is -0.389 e. The van der Waals surface area contributed by atoms with E-state index in [1.807, 2.05) is 0 Å². The Morgan fingerprint density at radius 2 is 1.75 bits per heavy atom. The van der Waals surface area contributed by atoms with E-state index >= 15 is 0 Å². The van der Waals surface area contributed by atoms with Crippen molar-refractivity contribution in [2.45, 2.75) is 59.1 Å². The van der Waals surface area contributed by atoms with Crippen LogP contribution in [0.2, 0.25) is 0 Å². The number of rotatable bonds is 9. The molecule has 0 aliphatic rings. The normalized spacial score (nSPS) is 14.4. The second kappa shape index (κ2) is 8.04. The molecule has 0 fully saturated rings. The Balaban J connectivity index is 3.67. The molecule has 0 aliphatic heterocycles. The number of ether oxygens (including phenoxy) is 1. The van der Waals surface area contributed by atoms with Crippen LogP contribution in [0.15, 0.2) is 0 Å². The molecule has 1 unspecified atom stereocenters. The average molecular weight is 231 g/mol. The first kappa shape index (κ1) is 15.9. The van der Waals surface area contributed by atoms with E-state index in [4.69, 9.17) is 4.74 Å². The summed E-state index contributed by atoms with van der Waals surface area (Å²) >= 11 is 0. The summed E-state index contributed by atoms with van der Waals surface area (Å²) < 4.78 is 5.40. The van der Waals surface area contributed by atoms with Crippen molar-refractivity contribution in [3.05, 3.63) is 0 Å². The summed E-state index contributed by atoms with van der Waals surface area (Å²) in [6.07, 6.45) is 1.74. The molecule has 3 heteroatoms. The SMILES string of the molecule is CCC(C)(CC)NCC(O)COCC(C)C. The summed E-state index contributed by atoms with van der Waals surface area (Å²) in [5, 5.41) is 13.1. The van der Waals surface area contributed by atoms with E-state index in [1.165, 1.54) is 0 Å². The highest BCUT2D eigenvalue weighted by Gasteiger charge is 2.19. The molecule has 0 aliphatic carbocycles. The van der Waals surface area contributed by atoms with Crippen molar-refractivity contribution in [2.24, 2.45) is 5.92 Å². The quantitative estimate of drug-likeness (QED) is 0.639. The summed E-state index contributed by atoms with van der Waals surface area (Å²) in [6.45, 7) is 12.5. The minimum atomic E-state index is -0.406. The number of hydrogen-bond donors (Lipinski definition) is 2. The van der Waals surface area contributed by atoms with E-state index in [1.54, 1.807) is 0 Å². The van der Waals surface area contributed by atoms with Crippen LogP contribution in [0.4, 0.5) is 0 Å². The van der Waals surface area contributed by atoms with Gasteiger partial charge in [0.1, 0.15) is 0 Å². The predicted molar refractivity (Wildman–Crippen MR) is 68.7 cm³/mol. The van der Waals surface area contributed by atoms with Gasteiger partial charge in [0.15, 0.2) is 0 Å². The fraction of sp³-hybridized carbons (Fsp3) is 1.00. The van der Waals surface area contributed by atoms with Crippen molar-refractivity contribution in [1.29, 1.82) is 0 Å². The lowest BCUT2D eigenvalue weighted by Crippen LogP contribution is -2.45. The molecule has 0 aromatic heterocycles. The van der Waals surface area contributed by atoms with Gasteiger partial charge >= 0.3 is 0 Å². The third-order valence-corrected chi connectivity index (χ3v) is 3.09. The molecule has 0 aromatic carbocycles. The molecule has 0 amide bonds. The Hall–Kier alpha value is -0.120. The monoisotopic (exact) mass is 231 g/mol. The zero-order valence-corrected chi connectivity index (χ0v) is 11.5. The van der Waals surface area contributed by atoms with E-state index in [-0.39, 0.29) is 5.54 Å². The Kier molecular flexibility index (Phi) is 7.98. The number of aliphatic hydroxyl groups is 1. The summed E-state index contributed by atoms with van der Waals surface area (Å²) in [5.41, 5.74) is 0.138. The third kappa shape index (κ3) is 7.20.